The Morgan fingerprint density at radius 1 is 0.386 bits per heavy atom. The second-order valence-electron chi connectivity index (χ2n) is 9.47. The monoisotopic (exact) mass is 594 g/mol. The number of benzene rings is 4. The van der Waals surface area contributed by atoms with Crippen molar-refractivity contribution in [1.29, 1.82) is 0 Å². The number of carboxylic acids is 2. The third-order valence-electron chi connectivity index (χ3n) is 6.51. The van der Waals surface area contributed by atoms with E-state index in [2.05, 4.69) is 0 Å². The molecule has 0 saturated carbocycles. The number of hydrogen-bond donors (Lipinski definition) is 2. The van der Waals surface area contributed by atoms with Gasteiger partial charge in [0.1, 0.15) is 0 Å². The van der Waals surface area contributed by atoms with Crippen molar-refractivity contribution in [2.75, 3.05) is 0 Å². The molecule has 0 radical (unpaired) electrons. The molecule has 0 aliphatic rings. The normalized spacial score (nSPS) is 12.3. The first kappa shape index (κ1) is 31.4. The van der Waals surface area contributed by atoms with Crippen LogP contribution in [0.3, 0.4) is 0 Å². The Morgan fingerprint density at radius 3 is 0.773 bits per heavy atom. The first-order chi connectivity index (χ1) is 21.2. The number of carbonyl (C=O) groups is 6. The molecule has 0 spiro atoms. The van der Waals surface area contributed by atoms with Crippen molar-refractivity contribution in [2.45, 2.75) is 24.4 Å². The zero-order valence-electron chi connectivity index (χ0n) is 23.0. The molecule has 0 bridgehead atoms. The second-order valence-corrected chi connectivity index (χ2v) is 9.47. The predicted octanol–water partition coefficient (Wildman–Crippen LogP) is 4.19. The van der Waals surface area contributed by atoms with Gasteiger partial charge in [-0.05, 0) is 0 Å². The molecule has 2 unspecified atom stereocenters. The minimum Gasteiger partial charge on any atom is -0.479 e. The van der Waals surface area contributed by atoms with Gasteiger partial charge in [0.25, 0.3) is 0 Å². The maximum atomic E-state index is 13.5. The molecule has 10 heteroatoms. The second kappa shape index (κ2) is 14.5. The number of aliphatic carboxylic acids is 2. The van der Waals surface area contributed by atoms with Crippen LogP contribution < -0.4 is 0 Å². The summed E-state index contributed by atoms with van der Waals surface area (Å²) in [5, 5.41) is 20.2. The van der Waals surface area contributed by atoms with Gasteiger partial charge in [-0.2, -0.15) is 0 Å². The van der Waals surface area contributed by atoms with Gasteiger partial charge in [-0.25, -0.2) is 9.59 Å². The van der Waals surface area contributed by atoms with Gasteiger partial charge in [0.15, 0.2) is 47.5 Å². The van der Waals surface area contributed by atoms with Gasteiger partial charge in [-0.1, -0.05) is 121 Å². The Hall–Kier alpha value is -5.58. The third kappa shape index (κ3) is 7.43. The van der Waals surface area contributed by atoms with Crippen LogP contribution in [0.25, 0.3) is 0 Å². The fourth-order valence-electron chi connectivity index (χ4n) is 4.31. The van der Waals surface area contributed by atoms with Crippen LogP contribution in [-0.2, 0) is 19.1 Å². The SMILES string of the molecule is O=C(c1ccccc1)C(OC(C(=O)O)C(OC(C(=O)c1ccccc1)C(=O)c1ccccc1)C(=O)O)C(=O)c1ccccc1. The predicted molar refractivity (Wildman–Crippen MR) is 156 cm³/mol. The van der Waals surface area contributed by atoms with Crippen molar-refractivity contribution < 1.29 is 48.5 Å². The van der Waals surface area contributed by atoms with E-state index in [1.54, 1.807) is 24.3 Å². The van der Waals surface area contributed by atoms with Crippen molar-refractivity contribution in [3.05, 3.63) is 144 Å². The Balaban J connectivity index is 1.75. The largest absolute Gasteiger partial charge is 0.479 e. The first-order valence-electron chi connectivity index (χ1n) is 13.3. The van der Waals surface area contributed by atoms with Crippen LogP contribution in [0.15, 0.2) is 121 Å². The number of carbonyl (C=O) groups excluding carboxylic acids is 4. The average Bonchev–Trinajstić information content (AvgIpc) is 3.06. The van der Waals surface area contributed by atoms with Crippen molar-refractivity contribution in [1.82, 2.24) is 0 Å². The fraction of sp³-hybridized carbons (Fsp3) is 0.118. The molecule has 0 amide bonds. The summed E-state index contributed by atoms with van der Waals surface area (Å²) in [6.07, 6.45) is -9.24. The highest BCUT2D eigenvalue weighted by atomic mass is 16.6. The lowest BCUT2D eigenvalue weighted by atomic mass is 9.97. The van der Waals surface area contributed by atoms with E-state index < -0.39 is 59.5 Å². The summed E-state index contributed by atoms with van der Waals surface area (Å²) in [6.45, 7) is 0. The van der Waals surface area contributed by atoms with Crippen molar-refractivity contribution >= 4 is 35.1 Å². The summed E-state index contributed by atoms with van der Waals surface area (Å²) in [6, 6.07) is 29.7. The number of hydrogen-bond acceptors (Lipinski definition) is 8. The molecule has 0 fully saturated rings. The topological polar surface area (TPSA) is 161 Å². The summed E-state index contributed by atoms with van der Waals surface area (Å²) in [5.41, 5.74) is -0.0181. The summed E-state index contributed by atoms with van der Waals surface area (Å²) in [4.78, 5) is 78.9. The van der Waals surface area contributed by atoms with E-state index >= 15 is 0 Å². The average molecular weight is 595 g/mol. The lowest BCUT2D eigenvalue weighted by Crippen LogP contribution is -2.51. The Labute approximate surface area is 251 Å². The van der Waals surface area contributed by atoms with E-state index in [9.17, 15) is 39.0 Å². The molecule has 2 N–H and O–H groups in total. The first-order valence-corrected chi connectivity index (χ1v) is 13.3. The maximum absolute atomic E-state index is 13.5. The van der Waals surface area contributed by atoms with Crippen molar-refractivity contribution in [3.63, 3.8) is 0 Å². The van der Waals surface area contributed by atoms with E-state index in [0.29, 0.717) is 0 Å². The molecule has 0 aromatic heterocycles. The highest BCUT2D eigenvalue weighted by Crippen LogP contribution is 2.21. The molecule has 44 heavy (non-hydrogen) atoms. The number of carboxylic acid groups (broad SMARTS) is 2. The third-order valence-corrected chi connectivity index (χ3v) is 6.51. The standard InChI is InChI=1S/C34H26O10/c35-25(21-13-5-1-6-14-21)29(26(36)22-15-7-2-8-16-22)43-31(33(39)40)32(34(41)42)44-30(27(37)23-17-9-3-10-18-23)28(38)24-19-11-4-12-20-24/h1-20,29-32H,(H,39,40)(H,41,42). The molecule has 4 rings (SSSR count). The van der Waals surface area contributed by atoms with E-state index in [1.807, 2.05) is 0 Å². The number of Topliss-reactive ketones (excluding diaryl/α,β-unsaturated/α-hetero) is 4. The number of rotatable bonds is 15. The van der Waals surface area contributed by atoms with Gasteiger partial charge in [0, 0.05) is 22.3 Å². The summed E-state index contributed by atoms with van der Waals surface area (Å²) >= 11 is 0. The van der Waals surface area contributed by atoms with E-state index in [1.165, 1.54) is 97.1 Å². The van der Waals surface area contributed by atoms with Gasteiger partial charge in [-0.3, -0.25) is 19.2 Å². The van der Waals surface area contributed by atoms with Gasteiger partial charge in [-0.15, -0.1) is 0 Å². The molecule has 2 atom stereocenters. The van der Waals surface area contributed by atoms with Gasteiger partial charge < -0.3 is 19.7 Å². The van der Waals surface area contributed by atoms with Crippen LogP contribution in [0.4, 0.5) is 0 Å². The zero-order chi connectivity index (χ0) is 31.6. The molecule has 222 valence electrons. The molecule has 0 aliphatic heterocycles. The number of ether oxygens (including phenoxy) is 2. The van der Waals surface area contributed by atoms with Crippen LogP contribution in [0, 0.1) is 0 Å². The highest BCUT2D eigenvalue weighted by Gasteiger charge is 2.45. The molecule has 0 heterocycles. The van der Waals surface area contributed by atoms with E-state index in [0.717, 1.165) is 0 Å². The summed E-state index contributed by atoms with van der Waals surface area (Å²) < 4.78 is 11.0. The summed E-state index contributed by atoms with van der Waals surface area (Å²) in [5.74, 6) is -7.58. The van der Waals surface area contributed by atoms with Gasteiger partial charge in [0.2, 0.25) is 0 Å². The van der Waals surface area contributed by atoms with Crippen LogP contribution in [0.2, 0.25) is 0 Å². The van der Waals surface area contributed by atoms with Gasteiger partial charge >= 0.3 is 11.9 Å². The molecule has 10 nitrogen and oxygen atoms in total. The van der Waals surface area contributed by atoms with Crippen LogP contribution in [-0.4, -0.2) is 69.7 Å². The van der Waals surface area contributed by atoms with E-state index in [4.69, 9.17) is 9.47 Å². The molecule has 4 aromatic rings. The van der Waals surface area contributed by atoms with Crippen LogP contribution in [0.1, 0.15) is 41.4 Å². The lowest BCUT2D eigenvalue weighted by molar-refractivity contribution is -0.179. The Morgan fingerprint density at radius 2 is 0.591 bits per heavy atom. The summed E-state index contributed by atoms with van der Waals surface area (Å²) in [7, 11) is 0. The Kier molecular flexibility index (Phi) is 10.4. The molecule has 4 aromatic carbocycles. The minimum atomic E-state index is -2.51. The van der Waals surface area contributed by atoms with E-state index in [-0.39, 0.29) is 22.3 Å². The van der Waals surface area contributed by atoms with Crippen LogP contribution in [0.5, 0.6) is 0 Å². The quantitative estimate of drug-likeness (QED) is 0.151. The van der Waals surface area contributed by atoms with Crippen molar-refractivity contribution in [3.8, 4) is 0 Å². The number of ketones is 4. The lowest BCUT2D eigenvalue weighted by Gasteiger charge is -2.27. The molecular formula is C34H26O10. The molecule has 0 aliphatic carbocycles. The van der Waals surface area contributed by atoms with Crippen LogP contribution >= 0.6 is 0 Å². The minimum absolute atomic E-state index is 0.00454. The smallest absolute Gasteiger partial charge is 0.336 e. The maximum Gasteiger partial charge on any atom is 0.336 e. The van der Waals surface area contributed by atoms with Crippen molar-refractivity contribution in [2.24, 2.45) is 0 Å². The molecule has 0 saturated heterocycles. The molecular weight excluding hydrogens is 568 g/mol. The zero-order valence-corrected chi connectivity index (χ0v) is 23.0. The highest BCUT2D eigenvalue weighted by molar-refractivity contribution is 6.19. The Bertz CT molecular complexity index is 1410. The van der Waals surface area contributed by atoms with Gasteiger partial charge in [0.05, 0.1) is 0 Å². The fourth-order valence-corrected chi connectivity index (χ4v) is 4.31.